The smallest absolute Gasteiger partial charge is 0.264 e. The number of benzene rings is 4. The molecule has 0 spiro atoms. The summed E-state index contributed by atoms with van der Waals surface area (Å²) in [6, 6.07) is 29.5. The lowest BCUT2D eigenvalue weighted by Gasteiger charge is -2.41. The van der Waals surface area contributed by atoms with Gasteiger partial charge in [-0.15, -0.1) is 12.4 Å². The number of carbonyl (C=O) groups is 2. The van der Waals surface area contributed by atoms with Crippen LogP contribution in [0.15, 0.2) is 103 Å². The van der Waals surface area contributed by atoms with Gasteiger partial charge in [-0.1, -0.05) is 65.7 Å². The number of phenolic OH excluding ortho intramolecular Hbond substituents is 1. The molecule has 1 atom stereocenters. The molecule has 2 amide bonds. The maximum atomic E-state index is 14.7. The van der Waals surface area contributed by atoms with Crippen molar-refractivity contribution in [2.24, 2.45) is 0 Å². The van der Waals surface area contributed by atoms with Crippen LogP contribution in [0.25, 0.3) is 5.69 Å². The number of rotatable bonds is 7. The normalized spacial score (nSPS) is 16.3. The van der Waals surface area contributed by atoms with Gasteiger partial charge in [0.15, 0.2) is 0 Å². The van der Waals surface area contributed by atoms with Crippen LogP contribution < -0.4 is 4.90 Å². The summed E-state index contributed by atoms with van der Waals surface area (Å²) in [6.07, 6.45) is 2.54. The number of hydrogen-bond acceptors (Lipinski definition) is 5. The maximum absolute atomic E-state index is 14.7. The highest BCUT2D eigenvalue weighted by Crippen LogP contribution is 2.35. The number of hydrogen-bond donors (Lipinski definition) is 1. The first kappa shape index (κ1) is 36.5. The predicted octanol–water partition coefficient (Wildman–Crippen LogP) is 8.01. The van der Waals surface area contributed by atoms with E-state index in [4.69, 9.17) is 23.2 Å². The van der Waals surface area contributed by atoms with Crippen molar-refractivity contribution < 1.29 is 14.7 Å². The minimum absolute atomic E-state index is 0. The lowest BCUT2D eigenvalue weighted by Crippen LogP contribution is -2.53. The minimum Gasteiger partial charge on any atom is -0.506 e. The molecule has 51 heavy (non-hydrogen) atoms. The lowest BCUT2D eigenvalue weighted by atomic mass is 9.92. The molecular weight excluding hydrogens is 705 g/mol. The molecule has 4 aromatic carbocycles. The third-order valence-corrected chi connectivity index (χ3v) is 10.3. The number of likely N-dealkylation sites (N-methyl/N-ethyl adjacent to an activating group) is 1. The molecule has 7 rings (SSSR count). The standard InChI is InChI=1S/C40H39Cl2N5O3.ClH/c1-27-20-30(39(49)47(32-10-4-3-5-11-32)33-13-15-38(48)36(42)23-33)25-45(27)37-22-31(41)12-14-35(37)40(50)46-24-29-9-7-6-8-28(29)21-34(46)26-44-18-16-43(2)17-19-44;/h3-15,20,22-23,25,34,48H,16-19,21,24,26H2,1-2H3;1H/t34-;/m0./s1. The van der Waals surface area contributed by atoms with E-state index in [1.165, 1.54) is 11.6 Å². The van der Waals surface area contributed by atoms with Crippen molar-refractivity contribution in [2.45, 2.75) is 25.9 Å². The summed E-state index contributed by atoms with van der Waals surface area (Å²) in [5, 5.41) is 10.7. The second-order valence-corrected chi connectivity index (χ2v) is 14.0. The third-order valence-electron chi connectivity index (χ3n) is 9.80. The largest absolute Gasteiger partial charge is 0.506 e. The maximum Gasteiger partial charge on any atom is 0.264 e. The zero-order chi connectivity index (χ0) is 34.9. The third kappa shape index (κ3) is 7.66. The zero-order valence-corrected chi connectivity index (χ0v) is 30.8. The van der Waals surface area contributed by atoms with Gasteiger partial charge in [-0.05, 0) is 86.1 Å². The van der Waals surface area contributed by atoms with Crippen LogP contribution in [0.1, 0.15) is 37.5 Å². The second kappa shape index (κ2) is 15.5. The first-order valence-corrected chi connectivity index (χ1v) is 17.6. The summed E-state index contributed by atoms with van der Waals surface area (Å²) in [7, 11) is 2.15. The molecule has 11 heteroatoms. The topological polar surface area (TPSA) is 72.3 Å². The van der Waals surface area contributed by atoms with Gasteiger partial charge in [0.25, 0.3) is 11.8 Å². The lowest BCUT2D eigenvalue weighted by molar-refractivity contribution is 0.0535. The molecule has 0 bridgehead atoms. The van der Waals surface area contributed by atoms with Crippen molar-refractivity contribution in [3.05, 3.63) is 141 Å². The van der Waals surface area contributed by atoms with Crippen LogP contribution in [-0.2, 0) is 13.0 Å². The number of piperazine rings is 1. The molecule has 1 aromatic heterocycles. The van der Waals surface area contributed by atoms with Crippen molar-refractivity contribution in [1.29, 1.82) is 0 Å². The SMILES string of the molecule is Cc1cc(C(=O)N(c2ccccc2)c2ccc(O)c(Cl)c2)cn1-c1cc(Cl)ccc1C(=O)N1Cc2ccccc2C[C@H]1CN1CCN(C)CC1.Cl. The Morgan fingerprint density at radius 2 is 1.55 bits per heavy atom. The number of amides is 2. The average Bonchev–Trinajstić information content (AvgIpc) is 3.52. The fourth-order valence-corrected chi connectivity index (χ4v) is 7.37. The summed E-state index contributed by atoms with van der Waals surface area (Å²) < 4.78 is 1.87. The highest BCUT2D eigenvalue weighted by molar-refractivity contribution is 6.32. The molecule has 0 radical (unpaired) electrons. The van der Waals surface area contributed by atoms with Crippen molar-refractivity contribution in [3.8, 4) is 11.4 Å². The van der Waals surface area contributed by atoms with Crippen LogP contribution in [-0.4, -0.2) is 82.0 Å². The molecule has 2 aliphatic rings. The van der Waals surface area contributed by atoms with Gasteiger partial charge in [0.1, 0.15) is 5.75 Å². The fraction of sp³-hybridized carbons (Fsp3) is 0.250. The van der Waals surface area contributed by atoms with E-state index >= 15 is 0 Å². The van der Waals surface area contributed by atoms with E-state index in [9.17, 15) is 14.7 Å². The van der Waals surface area contributed by atoms with Gasteiger partial charge in [-0.2, -0.15) is 0 Å². The number of halogens is 3. The number of anilines is 2. The second-order valence-electron chi connectivity index (χ2n) is 13.2. The molecule has 8 nitrogen and oxygen atoms in total. The van der Waals surface area contributed by atoms with Crippen LogP contribution in [0.4, 0.5) is 11.4 Å². The average molecular weight is 745 g/mol. The van der Waals surface area contributed by atoms with E-state index in [0.717, 1.165) is 50.4 Å². The zero-order valence-electron chi connectivity index (χ0n) is 28.5. The van der Waals surface area contributed by atoms with E-state index < -0.39 is 0 Å². The quantitative estimate of drug-likeness (QED) is 0.183. The molecule has 2 aliphatic heterocycles. The van der Waals surface area contributed by atoms with Crippen molar-refractivity contribution in [2.75, 3.05) is 44.7 Å². The van der Waals surface area contributed by atoms with Crippen LogP contribution in [0.5, 0.6) is 5.75 Å². The van der Waals surface area contributed by atoms with Gasteiger partial charge < -0.3 is 19.5 Å². The Morgan fingerprint density at radius 3 is 2.27 bits per heavy atom. The summed E-state index contributed by atoms with van der Waals surface area (Å²) >= 11 is 12.9. The number of fused-ring (bicyclic) bond motifs is 1. The van der Waals surface area contributed by atoms with Gasteiger partial charge in [-0.3, -0.25) is 19.4 Å². The van der Waals surface area contributed by atoms with Crippen molar-refractivity contribution >= 4 is 58.8 Å². The number of nitrogens with zero attached hydrogens (tertiary/aromatic N) is 5. The molecule has 1 saturated heterocycles. The van der Waals surface area contributed by atoms with Gasteiger partial charge in [0.05, 0.1) is 27.5 Å². The van der Waals surface area contributed by atoms with E-state index in [0.29, 0.717) is 39.8 Å². The first-order valence-electron chi connectivity index (χ1n) is 16.8. The van der Waals surface area contributed by atoms with Crippen LogP contribution >= 0.6 is 35.6 Å². The van der Waals surface area contributed by atoms with Gasteiger partial charge >= 0.3 is 0 Å². The van der Waals surface area contributed by atoms with Crippen LogP contribution in [0.2, 0.25) is 10.0 Å². The molecule has 5 aromatic rings. The monoisotopic (exact) mass is 743 g/mol. The Labute approximate surface area is 314 Å². The summed E-state index contributed by atoms with van der Waals surface area (Å²) in [5.41, 5.74) is 5.88. The molecular formula is C40H40Cl3N5O3. The highest BCUT2D eigenvalue weighted by atomic mass is 35.5. The number of aromatic nitrogens is 1. The van der Waals surface area contributed by atoms with E-state index in [-0.39, 0.29) is 41.0 Å². The number of aryl methyl sites for hydroxylation is 1. The van der Waals surface area contributed by atoms with Gasteiger partial charge in [0, 0.05) is 67.9 Å². The number of phenols is 1. The molecule has 1 fully saturated rings. The van der Waals surface area contributed by atoms with E-state index in [2.05, 4.69) is 35.0 Å². The minimum atomic E-state index is -0.297. The first-order chi connectivity index (χ1) is 24.2. The Hall–Kier alpha value is -4.31. The summed E-state index contributed by atoms with van der Waals surface area (Å²) in [5.74, 6) is -0.440. The highest BCUT2D eigenvalue weighted by Gasteiger charge is 2.34. The Bertz CT molecular complexity index is 2040. The number of carbonyl (C=O) groups excluding carboxylic acids is 2. The molecule has 0 aliphatic carbocycles. The summed E-state index contributed by atoms with van der Waals surface area (Å²) in [4.78, 5) is 37.5. The van der Waals surface area contributed by atoms with Gasteiger partial charge in [0.2, 0.25) is 0 Å². The summed E-state index contributed by atoms with van der Waals surface area (Å²) in [6.45, 7) is 7.18. The van der Waals surface area contributed by atoms with Crippen LogP contribution in [0, 0.1) is 6.92 Å². The van der Waals surface area contributed by atoms with Gasteiger partial charge in [-0.25, -0.2) is 0 Å². The predicted molar refractivity (Wildman–Crippen MR) is 207 cm³/mol. The number of para-hydroxylation sites is 1. The van der Waals surface area contributed by atoms with Crippen molar-refractivity contribution in [1.82, 2.24) is 19.3 Å². The molecule has 0 unspecified atom stereocenters. The number of aromatic hydroxyl groups is 1. The molecule has 0 saturated carbocycles. The molecule has 3 heterocycles. The van der Waals surface area contributed by atoms with E-state index in [1.54, 1.807) is 41.4 Å². The fourth-order valence-electron chi connectivity index (χ4n) is 7.03. The van der Waals surface area contributed by atoms with Crippen molar-refractivity contribution in [3.63, 3.8) is 0 Å². The Morgan fingerprint density at radius 1 is 0.843 bits per heavy atom. The Balaban J connectivity index is 0.00000448. The molecule has 264 valence electrons. The molecule has 1 N–H and O–H groups in total. The van der Waals surface area contributed by atoms with E-state index in [1.807, 2.05) is 58.9 Å². The Kier molecular flexibility index (Phi) is 11.1. The van der Waals surface area contributed by atoms with Crippen LogP contribution in [0.3, 0.4) is 0 Å².